The van der Waals surface area contributed by atoms with Crippen LogP contribution in [0.2, 0.25) is 5.02 Å². The highest BCUT2D eigenvalue weighted by molar-refractivity contribution is 7.92. The molecule has 0 unspecified atom stereocenters. The second-order valence-electron chi connectivity index (χ2n) is 4.44. The zero-order valence-electron chi connectivity index (χ0n) is 12.4. The molecule has 0 aliphatic heterocycles. The van der Waals surface area contributed by atoms with Gasteiger partial charge in [0, 0.05) is 6.07 Å². The van der Waals surface area contributed by atoms with Crippen LogP contribution < -0.4 is 9.46 Å². The Morgan fingerprint density at radius 1 is 1.13 bits per heavy atom. The van der Waals surface area contributed by atoms with Crippen LogP contribution in [-0.4, -0.2) is 28.6 Å². The molecule has 2 aromatic rings. The van der Waals surface area contributed by atoms with Crippen molar-refractivity contribution in [3.05, 3.63) is 53.1 Å². The molecule has 0 spiro atoms. The second kappa shape index (κ2) is 6.89. The van der Waals surface area contributed by atoms with Crippen LogP contribution in [0.3, 0.4) is 0 Å². The Morgan fingerprint density at radius 2 is 1.83 bits per heavy atom. The quantitative estimate of drug-likeness (QED) is 0.834. The maximum Gasteiger partial charge on any atom is 0.341 e. The number of carbonyl (C=O) groups excluding carboxylic acids is 1. The lowest BCUT2D eigenvalue weighted by Gasteiger charge is -2.12. The molecule has 2 aromatic carbocycles. The summed E-state index contributed by atoms with van der Waals surface area (Å²) in [5, 5.41) is 0.109. The Hall–Kier alpha value is -2.25. The summed E-state index contributed by atoms with van der Waals surface area (Å²) in [4.78, 5) is 11.6. The normalized spacial score (nSPS) is 10.9. The number of ether oxygens (including phenoxy) is 2. The standard InChI is InChI=1S/C15H14ClNO5S/c1-21-13-9-10(7-8-11(13)15(18)22-2)17-23(19,20)14-6-4-3-5-12(14)16/h3-9,17H,1-2H3. The predicted molar refractivity (Wildman–Crippen MR) is 86.6 cm³/mol. The van der Waals surface area contributed by atoms with Crippen LogP contribution in [0.5, 0.6) is 5.75 Å². The molecular weight excluding hydrogens is 342 g/mol. The molecule has 2 rings (SSSR count). The Morgan fingerprint density at radius 3 is 2.43 bits per heavy atom. The minimum Gasteiger partial charge on any atom is -0.496 e. The van der Waals surface area contributed by atoms with Crippen molar-refractivity contribution in [1.29, 1.82) is 0 Å². The number of methoxy groups -OCH3 is 2. The fraction of sp³-hybridized carbons (Fsp3) is 0.133. The number of rotatable bonds is 5. The number of esters is 1. The monoisotopic (exact) mass is 355 g/mol. The van der Waals surface area contributed by atoms with Gasteiger partial charge in [-0.3, -0.25) is 4.72 Å². The summed E-state index contributed by atoms with van der Waals surface area (Å²) in [6, 6.07) is 10.3. The first-order valence-corrected chi connectivity index (χ1v) is 8.29. The maximum atomic E-state index is 12.4. The Balaban J connectivity index is 2.37. The highest BCUT2D eigenvalue weighted by Crippen LogP contribution is 2.27. The number of benzene rings is 2. The molecule has 0 aliphatic rings. The van der Waals surface area contributed by atoms with E-state index in [4.69, 9.17) is 16.3 Å². The molecule has 0 aromatic heterocycles. The van der Waals surface area contributed by atoms with Crippen molar-refractivity contribution in [2.24, 2.45) is 0 Å². The van der Waals surface area contributed by atoms with Crippen LogP contribution >= 0.6 is 11.6 Å². The molecule has 0 saturated carbocycles. The molecule has 0 fully saturated rings. The summed E-state index contributed by atoms with van der Waals surface area (Å²) in [7, 11) is -1.25. The van der Waals surface area contributed by atoms with Gasteiger partial charge in [-0.2, -0.15) is 0 Å². The van der Waals surface area contributed by atoms with Gasteiger partial charge in [0.15, 0.2) is 0 Å². The van der Waals surface area contributed by atoms with Crippen LogP contribution in [0.15, 0.2) is 47.4 Å². The molecule has 0 radical (unpaired) electrons. The molecule has 0 amide bonds. The first-order valence-electron chi connectivity index (χ1n) is 6.42. The summed E-state index contributed by atoms with van der Waals surface area (Å²) < 4.78 is 36.8. The Labute approximate surface area is 139 Å². The highest BCUT2D eigenvalue weighted by atomic mass is 35.5. The lowest BCUT2D eigenvalue weighted by Crippen LogP contribution is -2.14. The van der Waals surface area contributed by atoms with Gasteiger partial charge in [-0.1, -0.05) is 23.7 Å². The topological polar surface area (TPSA) is 81.7 Å². The van der Waals surface area contributed by atoms with Crippen LogP contribution in [0.4, 0.5) is 5.69 Å². The zero-order chi connectivity index (χ0) is 17.0. The average molecular weight is 356 g/mol. The summed E-state index contributed by atoms with van der Waals surface area (Å²) in [6.07, 6.45) is 0. The molecule has 0 bridgehead atoms. The van der Waals surface area contributed by atoms with Crippen molar-refractivity contribution in [3.63, 3.8) is 0 Å². The number of carbonyl (C=O) groups is 1. The van der Waals surface area contributed by atoms with Gasteiger partial charge >= 0.3 is 5.97 Å². The summed E-state index contributed by atoms with van der Waals surface area (Å²) in [5.41, 5.74) is 0.421. The Bertz CT molecular complexity index is 836. The fourth-order valence-corrected chi connectivity index (χ4v) is 3.48. The van der Waals surface area contributed by atoms with E-state index in [-0.39, 0.29) is 26.9 Å². The summed E-state index contributed by atoms with van der Waals surface area (Å²) >= 11 is 5.91. The van der Waals surface area contributed by atoms with Crippen LogP contribution in [0.1, 0.15) is 10.4 Å². The van der Waals surface area contributed by atoms with E-state index in [0.717, 1.165) is 0 Å². The molecule has 0 saturated heterocycles. The van der Waals surface area contributed by atoms with Gasteiger partial charge in [-0.15, -0.1) is 0 Å². The fourth-order valence-electron chi connectivity index (χ4n) is 1.91. The van der Waals surface area contributed by atoms with Crippen LogP contribution in [0.25, 0.3) is 0 Å². The molecule has 122 valence electrons. The molecule has 1 N–H and O–H groups in total. The summed E-state index contributed by atoms with van der Waals surface area (Å²) in [5.74, 6) is -0.390. The van der Waals surface area contributed by atoms with Gasteiger partial charge in [-0.05, 0) is 24.3 Å². The van der Waals surface area contributed by atoms with Crippen LogP contribution in [-0.2, 0) is 14.8 Å². The second-order valence-corrected chi connectivity index (χ2v) is 6.50. The number of hydrogen-bond donors (Lipinski definition) is 1. The smallest absolute Gasteiger partial charge is 0.341 e. The van der Waals surface area contributed by atoms with Crippen molar-refractivity contribution < 1.29 is 22.7 Å². The number of hydrogen-bond acceptors (Lipinski definition) is 5. The van der Waals surface area contributed by atoms with Crippen molar-refractivity contribution in [1.82, 2.24) is 0 Å². The van der Waals surface area contributed by atoms with E-state index in [1.54, 1.807) is 12.1 Å². The molecule has 8 heteroatoms. The number of anilines is 1. The first kappa shape index (κ1) is 17.1. The molecular formula is C15H14ClNO5S. The minimum atomic E-state index is -3.86. The highest BCUT2D eigenvalue weighted by Gasteiger charge is 2.19. The van der Waals surface area contributed by atoms with Gasteiger partial charge < -0.3 is 9.47 Å². The van der Waals surface area contributed by atoms with Gasteiger partial charge in [0.1, 0.15) is 16.2 Å². The van der Waals surface area contributed by atoms with Gasteiger partial charge in [-0.25, -0.2) is 13.2 Å². The lowest BCUT2D eigenvalue weighted by molar-refractivity contribution is 0.0597. The van der Waals surface area contributed by atoms with E-state index in [1.807, 2.05) is 0 Å². The lowest BCUT2D eigenvalue weighted by atomic mass is 10.2. The van der Waals surface area contributed by atoms with E-state index in [9.17, 15) is 13.2 Å². The van der Waals surface area contributed by atoms with Crippen LogP contribution in [0, 0.1) is 0 Å². The molecule has 0 atom stereocenters. The summed E-state index contributed by atoms with van der Waals surface area (Å²) in [6.45, 7) is 0. The third-order valence-electron chi connectivity index (χ3n) is 2.99. The van der Waals surface area contributed by atoms with Crippen molar-refractivity contribution in [2.45, 2.75) is 4.90 Å². The van der Waals surface area contributed by atoms with Gasteiger partial charge in [0.05, 0.1) is 24.9 Å². The Kier molecular flexibility index (Phi) is 5.12. The first-order chi connectivity index (χ1) is 10.9. The SMILES string of the molecule is COC(=O)c1ccc(NS(=O)(=O)c2ccccc2Cl)cc1OC. The molecule has 0 heterocycles. The minimum absolute atomic E-state index is 0.0438. The van der Waals surface area contributed by atoms with E-state index >= 15 is 0 Å². The maximum absolute atomic E-state index is 12.4. The third kappa shape index (κ3) is 3.75. The van der Waals surface area contributed by atoms with E-state index in [0.29, 0.717) is 0 Å². The van der Waals surface area contributed by atoms with Crippen molar-refractivity contribution in [3.8, 4) is 5.75 Å². The van der Waals surface area contributed by atoms with E-state index in [2.05, 4.69) is 9.46 Å². The number of nitrogens with one attached hydrogen (secondary N) is 1. The molecule has 6 nitrogen and oxygen atoms in total. The van der Waals surface area contributed by atoms with Crippen molar-refractivity contribution >= 4 is 33.3 Å². The van der Waals surface area contributed by atoms with Gasteiger partial charge in [0.2, 0.25) is 0 Å². The van der Waals surface area contributed by atoms with E-state index in [1.165, 1.54) is 44.6 Å². The largest absolute Gasteiger partial charge is 0.496 e. The molecule has 0 aliphatic carbocycles. The van der Waals surface area contributed by atoms with Crippen molar-refractivity contribution in [2.75, 3.05) is 18.9 Å². The third-order valence-corrected chi connectivity index (χ3v) is 4.87. The van der Waals surface area contributed by atoms with E-state index < -0.39 is 16.0 Å². The van der Waals surface area contributed by atoms with Gasteiger partial charge in [0.25, 0.3) is 10.0 Å². The number of halogens is 1. The molecule has 23 heavy (non-hydrogen) atoms. The zero-order valence-corrected chi connectivity index (χ0v) is 13.9. The predicted octanol–water partition coefficient (Wildman–Crippen LogP) is 2.94. The number of sulfonamides is 1. The average Bonchev–Trinajstić information content (AvgIpc) is 2.53.